The third-order valence-electron chi connectivity index (χ3n) is 11.4. The van der Waals surface area contributed by atoms with Crippen LogP contribution >= 0.6 is 0 Å². The first-order chi connectivity index (χ1) is 40.7. The first-order valence-corrected chi connectivity index (χ1v) is 29.2. The summed E-state index contributed by atoms with van der Waals surface area (Å²) in [6, 6.07) is 0. The van der Waals surface area contributed by atoms with Crippen molar-refractivity contribution in [1.82, 2.24) is 47.4 Å². The van der Waals surface area contributed by atoms with Gasteiger partial charge >= 0.3 is 0 Å². The fraction of sp³-hybridized carbons (Fsp3) is 0.782. The minimum absolute atomic E-state index is 0.00334. The number of carbonyl (C=O) groups is 10. The third kappa shape index (κ3) is 44.7. The standard InChI is InChI=1S/C55H97N9O20/c1-4-7-45(65)56-17-29-76-32-20-60-49(69)13-26-82-42-55(43-83-27-14-50(70)61-21-33-77-30-18-57-46(66)8-5-2,44-84-28-15-51(71)62-22-34-78-31-19-58-47(67)9-6-3)63-52(72)16-25-75-36-38-80-40-41-81-39-37-79-35-23-59-48(68)12-24-64-53(73)10-11-54(64)74/h10-11H,4-9,12-44H2,1-3H3,(H,56,65)(H,57,66)(H,58,67)(H,59,68)(H,60,69)(H,61,70)(H,62,71)(H,63,72). The minimum Gasteiger partial charge on any atom is -0.379 e. The Bertz CT molecular complexity index is 1760. The van der Waals surface area contributed by atoms with Crippen molar-refractivity contribution in [3.8, 4) is 0 Å². The average Bonchev–Trinajstić information content (AvgIpc) is 4.02. The number of imide groups is 1. The molecule has 1 rings (SSSR count). The van der Waals surface area contributed by atoms with Crippen LogP contribution in [0.3, 0.4) is 0 Å². The van der Waals surface area contributed by atoms with Gasteiger partial charge in [-0.25, -0.2) is 0 Å². The van der Waals surface area contributed by atoms with Crippen molar-refractivity contribution in [3.05, 3.63) is 12.2 Å². The number of ether oxygens (including phenoxy) is 10. The van der Waals surface area contributed by atoms with Gasteiger partial charge in [0.2, 0.25) is 47.3 Å². The number of nitrogens with one attached hydrogen (secondary N) is 8. The molecule has 0 unspecified atom stereocenters. The SMILES string of the molecule is CCCC(=O)NCCOCCNC(=O)CCOCC(COCCC(=O)NCCOCCNC(=O)CCC)(COCCC(=O)NCCOCCNC(=O)CCC)NC(=O)CCOCCOCCOCCOCCNC(=O)CCN1C(=O)C=CC1=O. The van der Waals surface area contributed by atoms with Gasteiger partial charge in [0.25, 0.3) is 11.8 Å². The molecule has 8 N–H and O–H groups in total. The summed E-state index contributed by atoms with van der Waals surface area (Å²) in [6.07, 6.45) is 5.65. The van der Waals surface area contributed by atoms with E-state index in [1.165, 1.54) is 12.2 Å². The first kappa shape index (κ1) is 76.3. The molecule has 0 bridgehead atoms. The number of carbonyl (C=O) groups excluding carboxylic acids is 10. The molecule has 0 spiro atoms. The molecular formula is C55H97N9O20. The number of hydrogen-bond acceptors (Lipinski definition) is 20. The Hall–Kier alpha value is -5.76. The van der Waals surface area contributed by atoms with E-state index in [-0.39, 0.29) is 218 Å². The van der Waals surface area contributed by atoms with Crippen molar-refractivity contribution < 1.29 is 95.3 Å². The van der Waals surface area contributed by atoms with Gasteiger partial charge in [0.05, 0.1) is 132 Å². The Morgan fingerprint density at radius 2 is 0.560 bits per heavy atom. The molecule has 0 atom stereocenters. The summed E-state index contributed by atoms with van der Waals surface area (Å²) in [6.45, 7) is 10.3. The van der Waals surface area contributed by atoms with E-state index in [2.05, 4.69) is 42.5 Å². The van der Waals surface area contributed by atoms with Crippen LogP contribution in [-0.2, 0) is 95.3 Å². The van der Waals surface area contributed by atoms with Crippen LogP contribution in [0.2, 0.25) is 0 Å². The zero-order valence-electron chi connectivity index (χ0n) is 49.8. The highest BCUT2D eigenvalue weighted by molar-refractivity contribution is 6.13. The summed E-state index contributed by atoms with van der Waals surface area (Å²) in [7, 11) is 0. The van der Waals surface area contributed by atoms with Crippen LogP contribution in [0.4, 0.5) is 0 Å². The third-order valence-corrected chi connectivity index (χ3v) is 11.4. The Morgan fingerprint density at radius 3 is 0.869 bits per heavy atom. The smallest absolute Gasteiger partial charge is 0.253 e. The van der Waals surface area contributed by atoms with Gasteiger partial charge in [0.1, 0.15) is 5.54 Å². The van der Waals surface area contributed by atoms with Crippen LogP contribution < -0.4 is 42.5 Å². The molecule has 1 aliphatic heterocycles. The maximum atomic E-state index is 13.6. The summed E-state index contributed by atoms with van der Waals surface area (Å²) in [5, 5.41) is 22.1. The maximum Gasteiger partial charge on any atom is 0.253 e. The van der Waals surface area contributed by atoms with E-state index in [9.17, 15) is 47.9 Å². The van der Waals surface area contributed by atoms with Gasteiger partial charge in [-0.15, -0.1) is 0 Å². The summed E-state index contributed by atoms with van der Waals surface area (Å²) in [4.78, 5) is 123. The molecule has 1 aliphatic rings. The Balaban J connectivity index is 2.74. The molecule has 0 aromatic heterocycles. The van der Waals surface area contributed by atoms with E-state index in [0.717, 1.165) is 24.2 Å². The molecule has 0 aliphatic carbocycles. The molecule has 0 saturated carbocycles. The topological polar surface area (TPSA) is 362 Å². The second-order valence-electron chi connectivity index (χ2n) is 18.9. The van der Waals surface area contributed by atoms with E-state index in [1.54, 1.807) is 0 Å². The number of nitrogens with zero attached hydrogens (tertiary/aromatic N) is 1. The van der Waals surface area contributed by atoms with Crippen molar-refractivity contribution in [2.24, 2.45) is 0 Å². The molecule has 29 nitrogen and oxygen atoms in total. The van der Waals surface area contributed by atoms with Crippen molar-refractivity contribution in [2.75, 3.05) is 184 Å². The summed E-state index contributed by atoms with van der Waals surface area (Å²) in [5.74, 6) is -2.76. The predicted octanol–water partition coefficient (Wildman–Crippen LogP) is -1.90. The van der Waals surface area contributed by atoms with Crippen LogP contribution in [0.5, 0.6) is 0 Å². The molecule has 29 heteroatoms. The van der Waals surface area contributed by atoms with E-state index < -0.39 is 23.3 Å². The highest BCUT2D eigenvalue weighted by atomic mass is 16.6. The van der Waals surface area contributed by atoms with Gasteiger partial charge in [-0.05, 0) is 19.3 Å². The lowest BCUT2D eigenvalue weighted by molar-refractivity contribution is -0.137. The molecule has 10 amide bonds. The number of rotatable bonds is 58. The van der Waals surface area contributed by atoms with Crippen LogP contribution in [0.15, 0.2) is 12.2 Å². The molecular weight excluding hydrogens is 1110 g/mol. The molecule has 0 aromatic rings. The quantitative estimate of drug-likeness (QED) is 0.0243. The van der Waals surface area contributed by atoms with E-state index in [4.69, 9.17) is 47.4 Å². The van der Waals surface area contributed by atoms with Gasteiger partial charge in [-0.1, -0.05) is 20.8 Å². The molecule has 482 valence electrons. The molecule has 0 fully saturated rings. The minimum atomic E-state index is -1.37. The highest BCUT2D eigenvalue weighted by Gasteiger charge is 2.34. The van der Waals surface area contributed by atoms with Crippen molar-refractivity contribution in [3.63, 3.8) is 0 Å². The zero-order chi connectivity index (χ0) is 61.6. The molecule has 1 heterocycles. The fourth-order valence-corrected chi connectivity index (χ4v) is 7.12. The Kier molecular flexibility index (Phi) is 47.9. The van der Waals surface area contributed by atoms with Crippen LogP contribution in [0.25, 0.3) is 0 Å². The van der Waals surface area contributed by atoms with Crippen LogP contribution in [0, 0.1) is 0 Å². The lowest BCUT2D eigenvalue weighted by Crippen LogP contribution is -2.59. The van der Waals surface area contributed by atoms with Gasteiger partial charge in [-0.2, -0.15) is 0 Å². The predicted molar refractivity (Wildman–Crippen MR) is 304 cm³/mol. The zero-order valence-corrected chi connectivity index (χ0v) is 49.8. The van der Waals surface area contributed by atoms with Gasteiger partial charge < -0.3 is 89.9 Å². The van der Waals surface area contributed by atoms with Crippen LogP contribution in [0.1, 0.15) is 91.4 Å². The second kappa shape index (κ2) is 52.8. The van der Waals surface area contributed by atoms with Crippen molar-refractivity contribution >= 4 is 59.1 Å². The first-order valence-electron chi connectivity index (χ1n) is 29.2. The van der Waals surface area contributed by atoms with Crippen molar-refractivity contribution in [1.29, 1.82) is 0 Å². The summed E-state index contributed by atoms with van der Waals surface area (Å²) >= 11 is 0. The summed E-state index contributed by atoms with van der Waals surface area (Å²) < 4.78 is 56.6. The second-order valence-corrected chi connectivity index (χ2v) is 18.9. The molecule has 0 aromatic carbocycles. The maximum absolute atomic E-state index is 13.6. The van der Waals surface area contributed by atoms with Crippen LogP contribution in [-0.4, -0.2) is 254 Å². The number of hydrogen-bond donors (Lipinski definition) is 8. The Morgan fingerprint density at radius 1 is 0.321 bits per heavy atom. The fourth-order valence-electron chi connectivity index (χ4n) is 7.12. The summed E-state index contributed by atoms with van der Waals surface area (Å²) in [5.41, 5.74) is -1.37. The van der Waals surface area contributed by atoms with Gasteiger partial charge in [0.15, 0.2) is 0 Å². The van der Waals surface area contributed by atoms with E-state index >= 15 is 0 Å². The van der Waals surface area contributed by atoms with Crippen molar-refractivity contribution in [2.45, 2.75) is 96.9 Å². The largest absolute Gasteiger partial charge is 0.379 e. The average molecular weight is 1200 g/mol. The Labute approximate surface area is 494 Å². The molecule has 84 heavy (non-hydrogen) atoms. The lowest BCUT2D eigenvalue weighted by atomic mass is 10.0. The normalized spacial score (nSPS) is 12.1. The molecule has 0 radical (unpaired) electrons. The highest BCUT2D eigenvalue weighted by Crippen LogP contribution is 2.12. The number of amides is 10. The van der Waals surface area contributed by atoms with E-state index in [1.807, 2.05) is 20.8 Å². The monoisotopic (exact) mass is 1200 g/mol. The van der Waals surface area contributed by atoms with Gasteiger partial charge in [0, 0.05) is 116 Å². The van der Waals surface area contributed by atoms with E-state index in [0.29, 0.717) is 58.7 Å². The molecule has 0 saturated heterocycles. The lowest BCUT2D eigenvalue weighted by Gasteiger charge is -2.34. The van der Waals surface area contributed by atoms with Gasteiger partial charge in [-0.3, -0.25) is 52.8 Å².